The molecule has 0 spiro atoms. The molecule has 1 heteroatoms. The van der Waals surface area contributed by atoms with Crippen molar-refractivity contribution < 1.29 is 0 Å². The minimum atomic E-state index is 0.859. The van der Waals surface area contributed by atoms with Crippen molar-refractivity contribution in [1.29, 1.82) is 0 Å². The molecular weight excluding hydrogens is 212 g/mol. The van der Waals surface area contributed by atoms with Gasteiger partial charge >= 0.3 is 0 Å². The largest absolute Gasteiger partial charge is 0.123 e. The number of thioether (sulfide) groups is 1. The van der Waals surface area contributed by atoms with Crippen LogP contribution in [0.2, 0.25) is 0 Å². The predicted octanol–water partition coefficient (Wildman–Crippen LogP) is 4.99. The highest BCUT2D eigenvalue weighted by Gasteiger charge is 2.32. The van der Waals surface area contributed by atoms with E-state index < -0.39 is 0 Å². The zero-order valence-corrected chi connectivity index (χ0v) is 11.2. The second kappa shape index (κ2) is 5.77. The average Bonchev–Trinajstić information content (AvgIpc) is 2.72. The Kier molecular flexibility index (Phi) is 4.34. The smallest absolute Gasteiger partial charge is 0.00998 e. The van der Waals surface area contributed by atoms with E-state index in [4.69, 9.17) is 0 Å². The van der Waals surface area contributed by atoms with Crippen molar-refractivity contribution in [2.75, 3.05) is 0 Å². The van der Waals surface area contributed by atoms with E-state index >= 15 is 0 Å². The van der Waals surface area contributed by atoms with Crippen LogP contribution in [0.4, 0.5) is 0 Å². The van der Waals surface area contributed by atoms with Crippen molar-refractivity contribution in [2.45, 2.75) is 49.7 Å². The van der Waals surface area contributed by atoms with E-state index in [1.54, 1.807) is 0 Å². The summed E-state index contributed by atoms with van der Waals surface area (Å²) in [7, 11) is 0. The third-order valence-electron chi connectivity index (χ3n) is 3.89. The lowest BCUT2D eigenvalue weighted by atomic mass is 9.92. The van der Waals surface area contributed by atoms with Gasteiger partial charge in [0.25, 0.3) is 0 Å². The normalized spacial score (nSPS) is 29.5. The molecule has 16 heavy (non-hydrogen) atoms. The van der Waals surface area contributed by atoms with Crippen molar-refractivity contribution in [3.05, 3.63) is 30.3 Å². The lowest BCUT2D eigenvalue weighted by Crippen LogP contribution is -2.04. The van der Waals surface area contributed by atoms with E-state index in [1.165, 1.54) is 30.6 Å². The van der Waals surface area contributed by atoms with Crippen LogP contribution in [0.25, 0.3) is 0 Å². The second-order valence-electron chi connectivity index (χ2n) is 4.86. The lowest BCUT2D eigenvalue weighted by molar-refractivity contribution is 0.367. The van der Waals surface area contributed by atoms with E-state index in [1.807, 2.05) is 0 Å². The summed E-state index contributed by atoms with van der Waals surface area (Å²) in [6.07, 6.45) is 5.58. The maximum atomic E-state index is 2.35. The van der Waals surface area contributed by atoms with Gasteiger partial charge in [0.05, 0.1) is 0 Å². The van der Waals surface area contributed by atoms with E-state index in [-0.39, 0.29) is 0 Å². The van der Waals surface area contributed by atoms with Crippen LogP contribution in [-0.4, -0.2) is 5.25 Å². The molecule has 0 heterocycles. The Balaban J connectivity index is 1.93. The molecule has 3 atom stereocenters. The van der Waals surface area contributed by atoms with Crippen LogP contribution in [-0.2, 0) is 0 Å². The fourth-order valence-corrected chi connectivity index (χ4v) is 4.33. The molecule has 1 unspecified atom stereocenters. The third kappa shape index (κ3) is 2.82. The maximum Gasteiger partial charge on any atom is 0.00998 e. The summed E-state index contributed by atoms with van der Waals surface area (Å²) in [5, 5.41) is 0.859. The van der Waals surface area contributed by atoms with Crippen molar-refractivity contribution >= 4 is 11.8 Å². The topological polar surface area (TPSA) is 0 Å². The molecule has 0 aromatic heterocycles. The van der Waals surface area contributed by atoms with Gasteiger partial charge in [0.2, 0.25) is 0 Å². The van der Waals surface area contributed by atoms with Gasteiger partial charge in [-0.3, -0.25) is 0 Å². The quantitative estimate of drug-likeness (QED) is 0.707. The highest BCUT2D eigenvalue weighted by molar-refractivity contribution is 8.00. The van der Waals surface area contributed by atoms with Crippen molar-refractivity contribution in [2.24, 2.45) is 11.8 Å². The summed E-state index contributed by atoms with van der Waals surface area (Å²) in [5.41, 5.74) is 0. The Hall–Kier alpha value is -0.430. The number of hydrogen-bond acceptors (Lipinski definition) is 1. The van der Waals surface area contributed by atoms with Gasteiger partial charge in [-0.25, -0.2) is 0 Å². The standard InChI is InChI=1S/C15H22S/c1-3-12-10-15(11-13(12)4-2)16-14-8-6-5-7-9-14/h5-9,12-13,15H,3-4,10-11H2,1-2H3/t12-,13+,15?. The zero-order chi connectivity index (χ0) is 11.4. The molecule has 1 aliphatic carbocycles. The minimum absolute atomic E-state index is 0.859. The van der Waals surface area contributed by atoms with Gasteiger partial charge in [-0.1, -0.05) is 44.9 Å². The molecule has 1 aromatic carbocycles. The molecule has 0 bridgehead atoms. The average molecular weight is 234 g/mol. The Labute approximate surface area is 104 Å². The summed E-state index contributed by atoms with van der Waals surface area (Å²) < 4.78 is 0. The SMILES string of the molecule is CC[C@@H]1CC(Sc2ccccc2)C[C@@H]1CC. The molecule has 2 rings (SSSR count). The zero-order valence-electron chi connectivity index (χ0n) is 10.4. The number of hydrogen-bond donors (Lipinski definition) is 0. The van der Waals surface area contributed by atoms with Crippen molar-refractivity contribution in [1.82, 2.24) is 0 Å². The molecule has 0 saturated heterocycles. The van der Waals surface area contributed by atoms with Crippen molar-refractivity contribution in [3.63, 3.8) is 0 Å². The lowest BCUT2D eigenvalue weighted by Gasteiger charge is -2.14. The fourth-order valence-electron chi connectivity index (χ4n) is 2.94. The predicted molar refractivity (Wildman–Crippen MR) is 72.9 cm³/mol. The van der Waals surface area contributed by atoms with Crippen LogP contribution in [0, 0.1) is 11.8 Å². The molecule has 0 aliphatic heterocycles. The summed E-state index contributed by atoms with van der Waals surface area (Å²) in [6.45, 7) is 4.70. The van der Waals surface area contributed by atoms with E-state index in [2.05, 4.69) is 55.9 Å². The monoisotopic (exact) mass is 234 g/mol. The Bertz CT molecular complexity index is 294. The first-order chi connectivity index (χ1) is 7.83. The van der Waals surface area contributed by atoms with Gasteiger partial charge < -0.3 is 0 Å². The van der Waals surface area contributed by atoms with Crippen LogP contribution < -0.4 is 0 Å². The highest BCUT2D eigenvalue weighted by Crippen LogP contribution is 2.43. The molecule has 1 aliphatic rings. The van der Waals surface area contributed by atoms with Gasteiger partial charge in [0.15, 0.2) is 0 Å². The van der Waals surface area contributed by atoms with Crippen LogP contribution in [0.1, 0.15) is 39.5 Å². The summed E-state index contributed by atoms with van der Waals surface area (Å²) in [4.78, 5) is 1.44. The second-order valence-corrected chi connectivity index (χ2v) is 6.23. The molecule has 1 aromatic rings. The van der Waals surface area contributed by atoms with Crippen LogP contribution >= 0.6 is 11.8 Å². The first-order valence-corrected chi connectivity index (χ1v) is 7.43. The maximum absolute atomic E-state index is 2.35. The first kappa shape index (κ1) is 12.0. The summed E-state index contributed by atoms with van der Waals surface area (Å²) in [6, 6.07) is 10.9. The molecule has 0 amide bonds. The molecule has 0 nitrogen and oxygen atoms in total. The number of rotatable bonds is 4. The van der Waals surface area contributed by atoms with Gasteiger partial charge in [0, 0.05) is 10.1 Å². The summed E-state index contributed by atoms with van der Waals surface area (Å²) in [5.74, 6) is 1.96. The highest BCUT2D eigenvalue weighted by atomic mass is 32.2. The van der Waals surface area contributed by atoms with Gasteiger partial charge in [-0.15, -0.1) is 11.8 Å². The van der Waals surface area contributed by atoms with Crippen LogP contribution in [0.5, 0.6) is 0 Å². The molecule has 0 radical (unpaired) electrons. The Morgan fingerprint density at radius 1 is 1.00 bits per heavy atom. The summed E-state index contributed by atoms with van der Waals surface area (Å²) >= 11 is 2.09. The fraction of sp³-hybridized carbons (Fsp3) is 0.600. The van der Waals surface area contributed by atoms with Gasteiger partial charge in [-0.05, 0) is 36.8 Å². The number of benzene rings is 1. The Morgan fingerprint density at radius 3 is 2.06 bits per heavy atom. The van der Waals surface area contributed by atoms with Crippen molar-refractivity contribution in [3.8, 4) is 0 Å². The van der Waals surface area contributed by atoms with Crippen LogP contribution in [0.15, 0.2) is 35.2 Å². The molecule has 1 fully saturated rings. The van der Waals surface area contributed by atoms with E-state index in [9.17, 15) is 0 Å². The van der Waals surface area contributed by atoms with E-state index in [0.29, 0.717) is 0 Å². The minimum Gasteiger partial charge on any atom is -0.123 e. The van der Waals surface area contributed by atoms with Crippen LogP contribution in [0.3, 0.4) is 0 Å². The Morgan fingerprint density at radius 2 is 1.56 bits per heavy atom. The van der Waals surface area contributed by atoms with E-state index in [0.717, 1.165) is 17.1 Å². The third-order valence-corrected chi connectivity index (χ3v) is 5.16. The molecular formula is C15H22S. The molecule has 0 N–H and O–H groups in total. The van der Waals surface area contributed by atoms with Gasteiger partial charge in [0.1, 0.15) is 0 Å². The first-order valence-electron chi connectivity index (χ1n) is 6.55. The molecule has 88 valence electrons. The molecule has 1 saturated carbocycles. The van der Waals surface area contributed by atoms with Gasteiger partial charge in [-0.2, -0.15) is 0 Å².